The van der Waals surface area contributed by atoms with Crippen LogP contribution in [0.1, 0.15) is 68.9 Å². The molecule has 0 bridgehead atoms. The standard InChI is InChI=1S/C24H31N3O2S/c1-16(25)20-14-19(9-10-21(20)27-22-8-4-5-12-29-22)26-24(28)23(17-6-2-3-7-17)18-11-13-30-15-18/h9-11,13-15,17,22-23,25,27H,2-8,12H2,1H3,(H,26,28). The van der Waals surface area contributed by atoms with Crippen LogP contribution in [0.5, 0.6) is 0 Å². The van der Waals surface area contributed by atoms with Crippen molar-refractivity contribution < 1.29 is 9.53 Å². The Morgan fingerprint density at radius 3 is 2.63 bits per heavy atom. The summed E-state index contributed by atoms with van der Waals surface area (Å²) in [6, 6.07) is 7.87. The summed E-state index contributed by atoms with van der Waals surface area (Å²) in [5.74, 6) is 0.370. The first-order valence-electron chi connectivity index (χ1n) is 11.0. The fraction of sp³-hybridized carbons (Fsp3) is 0.500. The molecule has 0 radical (unpaired) electrons. The summed E-state index contributed by atoms with van der Waals surface area (Å²) < 4.78 is 5.79. The number of amides is 1. The van der Waals surface area contributed by atoms with Gasteiger partial charge in [0.15, 0.2) is 0 Å². The molecule has 160 valence electrons. The molecule has 1 aliphatic heterocycles. The highest BCUT2D eigenvalue weighted by atomic mass is 32.1. The van der Waals surface area contributed by atoms with Gasteiger partial charge in [0.05, 0.1) is 5.92 Å². The largest absolute Gasteiger partial charge is 0.360 e. The van der Waals surface area contributed by atoms with Crippen LogP contribution in [0.3, 0.4) is 0 Å². The molecule has 2 unspecified atom stereocenters. The van der Waals surface area contributed by atoms with E-state index >= 15 is 0 Å². The first-order chi connectivity index (χ1) is 14.6. The van der Waals surface area contributed by atoms with Gasteiger partial charge in [-0.1, -0.05) is 12.8 Å². The van der Waals surface area contributed by atoms with Gasteiger partial charge < -0.3 is 20.8 Å². The number of ether oxygens (including phenoxy) is 1. The fourth-order valence-corrected chi connectivity index (χ4v) is 5.38. The molecule has 1 aromatic carbocycles. The highest BCUT2D eigenvalue weighted by molar-refractivity contribution is 7.08. The molecule has 1 aromatic heterocycles. The third-order valence-electron chi connectivity index (χ3n) is 6.24. The maximum Gasteiger partial charge on any atom is 0.232 e. The first-order valence-corrected chi connectivity index (χ1v) is 12.0. The monoisotopic (exact) mass is 425 g/mol. The van der Waals surface area contributed by atoms with Crippen molar-refractivity contribution in [2.24, 2.45) is 5.92 Å². The molecule has 3 N–H and O–H groups in total. The SMILES string of the molecule is CC(=N)c1cc(NC(=O)C(c2ccsc2)C2CCCC2)ccc1NC1CCCCO1. The topological polar surface area (TPSA) is 74.2 Å². The Kier molecular flexibility index (Phi) is 6.85. The third kappa shape index (κ3) is 4.93. The second kappa shape index (κ2) is 9.75. The van der Waals surface area contributed by atoms with E-state index in [9.17, 15) is 4.79 Å². The lowest BCUT2D eigenvalue weighted by atomic mass is 9.85. The van der Waals surface area contributed by atoms with Crippen LogP contribution in [0.15, 0.2) is 35.0 Å². The smallest absolute Gasteiger partial charge is 0.232 e. The first kappa shape index (κ1) is 21.1. The quantitative estimate of drug-likeness (QED) is 0.477. The molecule has 2 fully saturated rings. The van der Waals surface area contributed by atoms with Crippen LogP contribution in [-0.4, -0.2) is 24.5 Å². The molecule has 5 nitrogen and oxygen atoms in total. The minimum absolute atomic E-state index is 0.0115. The Morgan fingerprint density at radius 1 is 1.17 bits per heavy atom. The number of thiophene rings is 1. The van der Waals surface area contributed by atoms with Gasteiger partial charge >= 0.3 is 0 Å². The van der Waals surface area contributed by atoms with E-state index in [1.165, 1.54) is 12.8 Å². The number of benzene rings is 1. The summed E-state index contributed by atoms with van der Waals surface area (Å²) in [5, 5.41) is 18.9. The minimum atomic E-state index is -0.100. The van der Waals surface area contributed by atoms with Crippen molar-refractivity contribution in [3.05, 3.63) is 46.2 Å². The van der Waals surface area contributed by atoms with Crippen LogP contribution in [0, 0.1) is 11.3 Å². The number of rotatable bonds is 7. The Hall–Kier alpha value is -2.18. The Balaban J connectivity index is 1.52. The van der Waals surface area contributed by atoms with Crippen molar-refractivity contribution in [2.75, 3.05) is 17.2 Å². The van der Waals surface area contributed by atoms with E-state index in [0.29, 0.717) is 11.6 Å². The van der Waals surface area contributed by atoms with Gasteiger partial charge in [0.2, 0.25) is 5.91 Å². The van der Waals surface area contributed by atoms with E-state index in [1.807, 2.05) is 18.2 Å². The highest BCUT2D eigenvalue weighted by Gasteiger charge is 2.32. The normalized spacial score (nSPS) is 20.6. The van der Waals surface area contributed by atoms with Gasteiger partial charge in [0.25, 0.3) is 0 Å². The van der Waals surface area contributed by atoms with Crippen molar-refractivity contribution in [1.82, 2.24) is 0 Å². The molecule has 2 atom stereocenters. The summed E-state index contributed by atoms with van der Waals surface area (Å²) in [4.78, 5) is 13.3. The summed E-state index contributed by atoms with van der Waals surface area (Å²) >= 11 is 1.65. The zero-order valence-corrected chi connectivity index (χ0v) is 18.4. The van der Waals surface area contributed by atoms with Gasteiger partial charge in [-0.2, -0.15) is 11.3 Å². The predicted octanol–water partition coefficient (Wildman–Crippen LogP) is 5.99. The minimum Gasteiger partial charge on any atom is -0.360 e. The van der Waals surface area contributed by atoms with E-state index in [4.69, 9.17) is 10.1 Å². The Bertz CT molecular complexity index is 869. The average molecular weight is 426 g/mol. The molecule has 2 aromatic rings. The molecule has 30 heavy (non-hydrogen) atoms. The number of anilines is 2. The lowest BCUT2D eigenvalue weighted by Crippen LogP contribution is -2.28. The molecule has 1 amide bonds. The maximum atomic E-state index is 13.3. The van der Waals surface area contributed by atoms with Crippen molar-refractivity contribution in [1.29, 1.82) is 5.41 Å². The van der Waals surface area contributed by atoms with Crippen molar-refractivity contribution in [3.8, 4) is 0 Å². The van der Waals surface area contributed by atoms with Crippen LogP contribution >= 0.6 is 11.3 Å². The number of carbonyl (C=O) groups is 1. The molecule has 1 saturated carbocycles. The zero-order chi connectivity index (χ0) is 20.9. The third-order valence-corrected chi connectivity index (χ3v) is 6.94. The van der Waals surface area contributed by atoms with Gasteiger partial charge in [-0.25, -0.2) is 0 Å². The number of nitrogens with one attached hydrogen (secondary N) is 3. The highest BCUT2D eigenvalue weighted by Crippen LogP contribution is 2.39. The molecule has 2 heterocycles. The van der Waals surface area contributed by atoms with Gasteiger partial charge in [-0.15, -0.1) is 0 Å². The molecular weight excluding hydrogens is 394 g/mol. The van der Waals surface area contributed by atoms with E-state index in [2.05, 4.69) is 27.5 Å². The van der Waals surface area contributed by atoms with E-state index < -0.39 is 0 Å². The van der Waals surface area contributed by atoms with Crippen LogP contribution < -0.4 is 10.6 Å². The second-order valence-electron chi connectivity index (χ2n) is 8.45. The van der Waals surface area contributed by atoms with E-state index in [1.54, 1.807) is 18.3 Å². The van der Waals surface area contributed by atoms with Crippen LogP contribution in [0.4, 0.5) is 11.4 Å². The molecule has 2 aliphatic rings. The van der Waals surface area contributed by atoms with Crippen molar-refractivity contribution >= 4 is 34.3 Å². The van der Waals surface area contributed by atoms with Gasteiger partial charge in [-0.3, -0.25) is 4.79 Å². The molecule has 6 heteroatoms. The summed E-state index contributed by atoms with van der Waals surface area (Å²) in [6.45, 7) is 2.55. The van der Waals surface area contributed by atoms with Crippen molar-refractivity contribution in [2.45, 2.75) is 64.0 Å². The molecule has 4 rings (SSSR count). The summed E-state index contributed by atoms with van der Waals surface area (Å²) in [6.07, 6.45) is 7.85. The number of hydrogen-bond acceptors (Lipinski definition) is 5. The number of hydrogen-bond donors (Lipinski definition) is 3. The Labute approximate surface area is 182 Å². The lowest BCUT2D eigenvalue weighted by Gasteiger charge is -2.26. The predicted molar refractivity (Wildman–Crippen MR) is 124 cm³/mol. The molecular formula is C24H31N3O2S. The Morgan fingerprint density at radius 2 is 1.97 bits per heavy atom. The van der Waals surface area contributed by atoms with Crippen LogP contribution in [-0.2, 0) is 9.53 Å². The molecule has 1 aliphatic carbocycles. The summed E-state index contributed by atoms with van der Waals surface area (Å²) in [7, 11) is 0. The number of carbonyl (C=O) groups excluding carboxylic acids is 1. The van der Waals surface area contributed by atoms with Gasteiger partial charge in [-0.05, 0) is 85.5 Å². The molecule has 1 saturated heterocycles. The fourth-order valence-electron chi connectivity index (χ4n) is 4.69. The zero-order valence-electron chi connectivity index (χ0n) is 17.6. The average Bonchev–Trinajstić information content (AvgIpc) is 3.45. The maximum absolute atomic E-state index is 13.3. The van der Waals surface area contributed by atoms with E-state index in [-0.39, 0.29) is 18.1 Å². The van der Waals surface area contributed by atoms with Crippen LogP contribution in [0.2, 0.25) is 0 Å². The lowest BCUT2D eigenvalue weighted by molar-refractivity contribution is -0.118. The van der Waals surface area contributed by atoms with Gasteiger partial charge in [0, 0.05) is 29.3 Å². The molecule has 0 spiro atoms. The summed E-state index contributed by atoms with van der Waals surface area (Å²) in [5.41, 5.74) is 4.03. The van der Waals surface area contributed by atoms with Gasteiger partial charge in [0.1, 0.15) is 6.23 Å². The van der Waals surface area contributed by atoms with Crippen LogP contribution in [0.25, 0.3) is 0 Å². The second-order valence-corrected chi connectivity index (χ2v) is 9.23. The van der Waals surface area contributed by atoms with E-state index in [0.717, 1.165) is 61.2 Å². The van der Waals surface area contributed by atoms with Crippen molar-refractivity contribution in [3.63, 3.8) is 0 Å².